The number of halogens is 20. The molecule has 0 aromatic heterocycles. The van der Waals surface area contributed by atoms with Gasteiger partial charge in [0.15, 0.2) is 0 Å². The summed E-state index contributed by atoms with van der Waals surface area (Å²) in [6.07, 6.45) is -33.4. The topological polar surface area (TPSA) is 0 Å². The van der Waals surface area contributed by atoms with Crippen LogP contribution in [-0.4, -0.2) is 53.8 Å². The second-order valence-corrected chi connectivity index (χ2v) is 5.03. The summed E-state index contributed by atoms with van der Waals surface area (Å²) in [5.74, 6) is -27.5. The molecule has 0 N–H and O–H groups in total. The van der Waals surface area contributed by atoms with Crippen molar-refractivity contribution < 1.29 is 87.8 Å². The molecule has 0 radical (unpaired) electrons. The maximum Gasteiger partial charge on any atom is 0.438 e. The van der Waals surface area contributed by atoms with Gasteiger partial charge in [-0.25, -0.2) is 8.78 Å². The highest BCUT2D eigenvalue weighted by Crippen LogP contribution is 2.67. The molecule has 0 saturated heterocycles. The third-order valence-corrected chi connectivity index (χ3v) is 3.22. The van der Waals surface area contributed by atoms with Crippen LogP contribution < -0.4 is 0 Å². The lowest BCUT2D eigenvalue weighted by atomic mass is 9.81. The van der Waals surface area contributed by atoms with Gasteiger partial charge < -0.3 is 0 Å². The predicted molar refractivity (Wildman–Crippen MR) is 46.7 cm³/mol. The number of alkyl halides is 20. The summed E-state index contributed by atoms with van der Waals surface area (Å²) < 4.78 is 250. The minimum absolute atomic E-state index is 8.36. The summed E-state index contributed by atoms with van der Waals surface area (Å²) in [5, 5.41) is 0. The van der Waals surface area contributed by atoms with Crippen LogP contribution in [0.1, 0.15) is 0 Å². The van der Waals surface area contributed by atoms with Crippen molar-refractivity contribution in [2.75, 3.05) is 0 Å². The van der Waals surface area contributed by atoms with Crippen LogP contribution in [0.4, 0.5) is 87.8 Å². The van der Waals surface area contributed by atoms with Crippen molar-refractivity contribution in [2.24, 2.45) is 0 Å². The lowest BCUT2D eigenvalue weighted by Gasteiger charge is -2.45. The van der Waals surface area contributed by atoms with Crippen molar-refractivity contribution in [3.63, 3.8) is 0 Å². The number of hydrogen-bond donors (Lipinski definition) is 0. The van der Waals surface area contributed by atoms with Gasteiger partial charge >= 0.3 is 53.8 Å². The van der Waals surface area contributed by atoms with Crippen LogP contribution in [0.15, 0.2) is 0 Å². The van der Waals surface area contributed by atoms with E-state index in [1.165, 1.54) is 0 Å². The maximum absolute atomic E-state index is 13.1. The van der Waals surface area contributed by atoms with E-state index < -0.39 is 53.8 Å². The molecular weight excluding hydrogens is 488 g/mol. The highest BCUT2D eigenvalue weighted by molar-refractivity contribution is 5.20. The van der Waals surface area contributed by atoms with Crippen molar-refractivity contribution in [3.8, 4) is 0 Å². The minimum Gasteiger partial charge on any atom is -0.216 e. The Hall–Kier alpha value is -1.40. The highest BCUT2D eigenvalue weighted by Gasteiger charge is 2.99. The molecule has 0 unspecified atom stereocenters. The molecule has 0 nitrogen and oxygen atoms in total. The Kier molecular flexibility index (Phi) is 6.00. The average Bonchev–Trinajstić information content (AvgIpc) is 2.39. The Morgan fingerprint density at radius 3 is 0.448 bits per heavy atom. The van der Waals surface area contributed by atoms with E-state index in [1.807, 2.05) is 0 Å². The molecule has 0 saturated carbocycles. The largest absolute Gasteiger partial charge is 0.438 e. The van der Waals surface area contributed by atoms with Crippen molar-refractivity contribution in [3.05, 3.63) is 0 Å². The third-order valence-electron chi connectivity index (χ3n) is 3.22. The van der Waals surface area contributed by atoms with E-state index in [9.17, 15) is 87.8 Å². The maximum atomic E-state index is 13.1. The normalized spacial score (nSPS) is 17.0. The lowest BCUT2D eigenvalue weighted by Crippen LogP contribution is -2.79. The third kappa shape index (κ3) is 3.23. The fraction of sp³-hybridized carbons (Fsp3) is 1.00. The Morgan fingerprint density at radius 1 is 0.207 bits per heavy atom. The van der Waals surface area contributed by atoms with Crippen molar-refractivity contribution in [2.45, 2.75) is 53.8 Å². The molecular formula is C9F20. The Morgan fingerprint density at radius 2 is 0.345 bits per heavy atom. The quantitative estimate of drug-likeness (QED) is 0.394. The molecule has 0 aliphatic rings. The fourth-order valence-electron chi connectivity index (χ4n) is 1.66. The first-order valence-electron chi connectivity index (χ1n) is 5.78. The summed E-state index contributed by atoms with van der Waals surface area (Å²) >= 11 is 0. The first kappa shape index (κ1) is 27.6. The molecule has 0 aromatic carbocycles. The van der Waals surface area contributed by atoms with Gasteiger partial charge in [-0.3, -0.25) is 0 Å². The van der Waals surface area contributed by atoms with Crippen LogP contribution in [0.3, 0.4) is 0 Å². The first-order chi connectivity index (χ1) is 12.0. The molecule has 0 fully saturated rings. The van der Waals surface area contributed by atoms with Gasteiger partial charge in [-0.05, 0) is 0 Å². The van der Waals surface area contributed by atoms with Gasteiger partial charge in [-0.15, -0.1) is 0 Å². The van der Waals surface area contributed by atoms with E-state index in [-0.39, 0.29) is 0 Å². The molecule has 29 heavy (non-hydrogen) atoms. The van der Waals surface area contributed by atoms with Crippen LogP contribution in [0.5, 0.6) is 0 Å². The number of rotatable bonds is 4. The molecule has 176 valence electrons. The predicted octanol–water partition coefficient (Wildman–Crippen LogP) is 6.56. The second kappa shape index (κ2) is 6.30. The zero-order chi connectivity index (χ0) is 24.5. The molecule has 0 amide bonds. The van der Waals surface area contributed by atoms with E-state index in [0.29, 0.717) is 0 Å². The van der Waals surface area contributed by atoms with Crippen molar-refractivity contribution >= 4 is 0 Å². The molecule has 0 aromatic rings. The minimum atomic E-state index is -9.21. The Labute approximate surface area is 143 Å². The highest BCUT2D eigenvalue weighted by atomic mass is 19.4. The summed E-state index contributed by atoms with van der Waals surface area (Å²) in [6, 6.07) is 0. The lowest BCUT2D eigenvalue weighted by molar-refractivity contribution is -0.479. The van der Waals surface area contributed by atoms with Crippen molar-refractivity contribution in [1.29, 1.82) is 0 Å². The van der Waals surface area contributed by atoms with E-state index in [4.69, 9.17) is 0 Å². The van der Waals surface area contributed by atoms with Crippen LogP contribution in [0.25, 0.3) is 0 Å². The number of hydrogen-bond acceptors (Lipinski definition) is 0. The summed E-state index contributed by atoms with van der Waals surface area (Å²) in [5.41, 5.74) is -17.7. The Balaban J connectivity index is 7.27. The standard InChI is InChI=1S/C9F20/c10-1(6(18,19)20,7(21,22)23)3(12,13)5(16,17)4(14,15)2(11,8(24,25)26)9(27,28)29. The zero-order valence-electron chi connectivity index (χ0n) is 12.1. The summed E-state index contributed by atoms with van der Waals surface area (Å²) in [7, 11) is 0. The second-order valence-electron chi connectivity index (χ2n) is 5.03. The molecule has 0 heterocycles. The molecule has 0 rings (SSSR count). The molecule has 0 aliphatic heterocycles. The van der Waals surface area contributed by atoms with Gasteiger partial charge in [0, 0.05) is 0 Å². The van der Waals surface area contributed by atoms with Gasteiger partial charge in [0.05, 0.1) is 0 Å². The molecule has 0 bridgehead atoms. The van der Waals surface area contributed by atoms with Crippen LogP contribution >= 0.6 is 0 Å². The van der Waals surface area contributed by atoms with Gasteiger partial charge in [0.25, 0.3) is 0 Å². The smallest absolute Gasteiger partial charge is 0.216 e. The molecule has 20 heteroatoms. The summed E-state index contributed by atoms with van der Waals surface area (Å²) in [4.78, 5) is 0. The van der Waals surface area contributed by atoms with E-state index in [0.717, 1.165) is 0 Å². The van der Waals surface area contributed by atoms with Crippen LogP contribution in [0, 0.1) is 0 Å². The van der Waals surface area contributed by atoms with Crippen LogP contribution in [-0.2, 0) is 0 Å². The van der Waals surface area contributed by atoms with E-state index >= 15 is 0 Å². The van der Waals surface area contributed by atoms with Gasteiger partial charge in [0.1, 0.15) is 0 Å². The van der Waals surface area contributed by atoms with Gasteiger partial charge in [-0.1, -0.05) is 0 Å². The van der Waals surface area contributed by atoms with Gasteiger partial charge in [-0.2, -0.15) is 79.0 Å². The first-order valence-corrected chi connectivity index (χ1v) is 5.78. The zero-order valence-corrected chi connectivity index (χ0v) is 12.1. The molecule has 0 aliphatic carbocycles. The molecule has 0 atom stereocenters. The SMILES string of the molecule is FC(F)(F)C(F)(C(F)(F)F)C(F)(F)C(F)(F)C(F)(F)C(F)(C(F)(F)F)C(F)(F)F. The summed E-state index contributed by atoms with van der Waals surface area (Å²) in [6.45, 7) is 0. The molecule has 0 spiro atoms. The van der Waals surface area contributed by atoms with Crippen LogP contribution in [0.2, 0.25) is 0 Å². The van der Waals surface area contributed by atoms with E-state index in [2.05, 4.69) is 0 Å². The Bertz CT molecular complexity index is 513. The van der Waals surface area contributed by atoms with E-state index in [1.54, 1.807) is 0 Å². The average molecular weight is 488 g/mol. The monoisotopic (exact) mass is 488 g/mol. The van der Waals surface area contributed by atoms with Gasteiger partial charge in [0.2, 0.25) is 0 Å². The fourth-order valence-corrected chi connectivity index (χ4v) is 1.66. The van der Waals surface area contributed by atoms with Crippen molar-refractivity contribution in [1.82, 2.24) is 0 Å².